The van der Waals surface area contributed by atoms with Crippen molar-refractivity contribution in [2.24, 2.45) is 0 Å². The van der Waals surface area contributed by atoms with Crippen molar-refractivity contribution in [1.82, 2.24) is 5.32 Å². The number of hydrogen-bond donors (Lipinski definition) is 2. The molecule has 0 atom stereocenters. The van der Waals surface area contributed by atoms with Gasteiger partial charge in [-0.3, -0.25) is 14.9 Å². The Morgan fingerprint density at radius 1 is 1.04 bits per heavy atom. The fraction of sp³-hybridized carbons (Fsp3) is 0.111. The Hall–Kier alpha value is -3.08. The van der Waals surface area contributed by atoms with Gasteiger partial charge in [-0.2, -0.15) is 0 Å². The Balaban J connectivity index is 1.65. The van der Waals surface area contributed by atoms with Gasteiger partial charge in [0, 0.05) is 12.2 Å². The lowest BCUT2D eigenvalue weighted by molar-refractivity contribution is 0.0879. The molecule has 0 saturated heterocycles. The van der Waals surface area contributed by atoms with E-state index in [0.717, 1.165) is 17.0 Å². The zero-order valence-electron chi connectivity index (χ0n) is 12.5. The van der Waals surface area contributed by atoms with Gasteiger partial charge in [0.15, 0.2) is 0 Å². The van der Waals surface area contributed by atoms with Crippen LogP contribution in [-0.4, -0.2) is 18.4 Å². The maximum absolute atomic E-state index is 11.6. The lowest BCUT2D eigenvalue weighted by atomic mass is 10.1. The van der Waals surface area contributed by atoms with Crippen molar-refractivity contribution in [2.75, 3.05) is 11.9 Å². The third-order valence-electron chi connectivity index (χ3n) is 3.52. The predicted octanol–water partition coefficient (Wildman–Crippen LogP) is 2.75. The molecule has 2 amide bonds. The number of nitrogens with one attached hydrogen (secondary N) is 2. The molecule has 5 heteroatoms. The molecule has 1 heterocycles. The minimum absolute atomic E-state index is 0.341. The standard InChI is InChI=1S/C18H16N2O3/c1-2-9-23-14-6-3-12(4-7-14)11-19-13-5-8-15-16(10-13)18(22)20-17(15)21/h2-8,10,19H,1,9,11H2,(H,20,21,22). The molecule has 0 saturated carbocycles. The van der Waals surface area contributed by atoms with E-state index in [4.69, 9.17) is 4.74 Å². The maximum atomic E-state index is 11.6. The van der Waals surface area contributed by atoms with E-state index in [1.165, 1.54) is 0 Å². The van der Waals surface area contributed by atoms with Crippen LogP contribution < -0.4 is 15.4 Å². The molecule has 1 aliphatic heterocycles. The molecule has 0 unspecified atom stereocenters. The first-order valence-electron chi connectivity index (χ1n) is 7.23. The number of hydrogen-bond acceptors (Lipinski definition) is 4. The first-order chi connectivity index (χ1) is 11.2. The van der Waals surface area contributed by atoms with Crippen molar-refractivity contribution in [2.45, 2.75) is 6.54 Å². The normalized spacial score (nSPS) is 12.5. The summed E-state index contributed by atoms with van der Waals surface area (Å²) in [6.07, 6.45) is 1.70. The third-order valence-corrected chi connectivity index (χ3v) is 3.52. The Morgan fingerprint density at radius 2 is 1.78 bits per heavy atom. The summed E-state index contributed by atoms with van der Waals surface area (Å²) in [6.45, 7) is 4.69. The van der Waals surface area contributed by atoms with Crippen molar-refractivity contribution >= 4 is 17.5 Å². The van der Waals surface area contributed by atoms with Crippen molar-refractivity contribution in [3.8, 4) is 5.75 Å². The molecule has 23 heavy (non-hydrogen) atoms. The van der Waals surface area contributed by atoms with Crippen LogP contribution >= 0.6 is 0 Å². The highest BCUT2D eigenvalue weighted by Gasteiger charge is 2.26. The molecule has 2 aromatic carbocycles. The molecular formula is C18H16N2O3. The second-order valence-electron chi connectivity index (χ2n) is 5.14. The van der Waals surface area contributed by atoms with E-state index in [9.17, 15) is 9.59 Å². The highest BCUT2D eigenvalue weighted by Crippen LogP contribution is 2.21. The predicted molar refractivity (Wildman–Crippen MR) is 87.7 cm³/mol. The van der Waals surface area contributed by atoms with Crippen LogP contribution in [0, 0.1) is 0 Å². The van der Waals surface area contributed by atoms with Crippen molar-refractivity contribution in [1.29, 1.82) is 0 Å². The average Bonchev–Trinajstić information content (AvgIpc) is 2.86. The number of ether oxygens (including phenoxy) is 1. The van der Waals surface area contributed by atoms with Gasteiger partial charge in [-0.1, -0.05) is 24.8 Å². The Labute approximate surface area is 134 Å². The molecule has 0 bridgehead atoms. The van der Waals surface area contributed by atoms with Gasteiger partial charge in [-0.25, -0.2) is 0 Å². The van der Waals surface area contributed by atoms with E-state index >= 15 is 0 Å². The summed E-state index contributed by atoms with van der Waals surface area (Å²) in [5.41, 5.74) is 2.70. The minimum atomic E-state index is -0.350. The monoisotopic (exact) mass is 308 g/mol. The van der Waals surface area contributed by atoms with Crippen LogP contribution in [0.1, 0.15) is 26.3 Å². The number of carbonyl (C=O) groups excluding carboxylic acids is 2. The van der Waals surface area contributed by atoms with Crippen molar-refractivity contribution in [3.05, 3.63) is 71.8 Å². The maximum Gasteiger partial charge on any atom is 0.259 e. The molecule has 2 aromatic rings. The topological polar surface area (TPSA) is 67.4 Å². The molecule has 5 nitrogen and oxygen atoms in total. The van der Waals surface area contributed by atoms with Gasteiger partial charge < -0.3 is 10.1 Å². The smallest absolute Gasteiger partial charge is 0.259 e. The third kappa shape index (κ3) is 3.23. The van der Waals surface area contributed by atoms with Gasteiger partial charge in [0.2, 0.25) is 0 Å². The Morgan fingerprint density at radius 3 is 2.52 bits per heavy atom. The lowest BCUT2D eigenvalue weighted by Gasteiger charge is -2.09. The summed E-state index contributed by atoms with van der Waals surface area (Å²) in [5.74, 6) is 0.102. The molecule has 1 aliphatic rings. The highest BCUT2D eigenvalue weighted by molar-refractivity contribution is 6.21. The molecule has 0 aromatic heterocycles. The lowest BCUT2D eigenvalue weighted by Crippen LogP contribution is -2.19. The van der Waals surface area contributed by atoms with Crippen LogP contribution in [-0.2, 0) is 6.54 Å². The van der Waals surface area contributed by atoms with Gasteiger partial charge in [0.25, 0.3) is 11.8 Å². The zero-order chi connectivity index (χ0) is 16.2. The second kappa shape index (κ2) is 6.36. The largest absolute Gasteiger partial charge is 0.490 e. The molecule has 0 aliphatic carbocycles. The summed E-state index contributed by atoms with van der Waals surface area (Å²) in [7, 11) is 0. The zero-order valence-corrected chi connectivity index (χ0v) is 12.5. The molecule has 0 fully saturated rings. The number of benzene rings is 2. The van der Waals surface area contributed by atoms with Gasteiger partial charge in [-0.15, -0.1) is 0 Å². The van der Waals surface area contributed by atoms with Crippen molar-refractivity contribution in [3.63, 3.8) is 0 Å². The number of rotatable bonds is 6. The van der Waals surface area contributed by atoms with Gasteiger partial charge >= 0.3 is 0 Å². The van der Waals surface area contributed by atoms with E-state index in [-0.39, 0.29) is 11.8 Å². The number of anilines is 1. The van der Waals surface area contributed by atoms with E-state index in [1.807, 2.05) is 24.3 Å². The van der Waals surface area contributed by atoms with Gasteiger partial charge in [0.05, 0.1) is 11.1 Å². The van der Waals surface area contributed by atoms with Crippen molar-refractivity contribution < 1.29 is 14.3 Å². The first-order valence-corrected chi connectivity index (χ1v) is 7.23. The molecule has 3 rings (SSSR count). The number of carbonyl (C=O) groups is 2. The summed E-state index contributed by atoms with van der Waals surface area (Å²) in [6, 6.07) is 12.9. The Kier molecular flexibility index (Phi) is 4.10. The highest BCUT2D eigenvalue weighted by atomic mass is 16.5. The van der Waals surface area contributed by atoms with Crippen LogP contribution in [0.15, 0.2) is 55.1 Å². The van der Waals surface area contributed by atoms with Crippen LogP contribution in [0.2, 0.25) is 0 Å². The second-order valence-corrected chi connectivity index (χ2v) is 5.14. The van der Waals surface area contributed by atoms with Crippen LogP contribution in [0.5, 0.6) is 5.75 Å². The summed E-state index contributed by atoms with van der Waals surface area (Å²) < 4.78 is 5.43. The van der Waals surface area contributed by atoms with E-state index in [1.54, 1.807) is 24.3 Å². The summed E-state index contributed by atoms with van der Waals surface area (Å²) >= 11 is 0. The number of imide groups is 1. The van der Waals surface area contributed by atoms with E-state index < -0.39 is 0 Å². The number of amides is 2. The van der Waals surface area contributed by atoms with Gasteiger partial charge in [0.1, 0.15) is 12.4 Å². The summed E-state index contributed by atoms with van der Waals surface area (Å²) in [4.78, 5) is 23.1. The van der Waals surface area contributed by atoms with E-state index in [0.29, 0.717) is 24.3 Å². The van der Waals surface area contributed by atoms with Crippen LogP contribution in [0.4, 0.5) is 5.69 Å². The first kappa shape index (κ1) is 14.8. The molecule has 0 radical (unpaired) electrons. The SMILES string of the molecule is C=CCOc1ccc(CNc2ccc3c(c2)C(=O)NC3=O)cc1. The van der Waals surface area contributed by atoms with E-state index in [2.05, 4.69) is 17.2 Å². The molecule has 2 N–H and O–H groups in total. The fourth-order valence-electron chi connectivity index (χ4n) is 2.34. The average molecular weight is 308 g/mol. The van der Waals surface area contributed by atoms with Crippen LogP contribution in [0.25, 0.3) is 0 Å². The summed E-state index contributed by atoms with van der Waals surface area (Å²) in [5, 5.41) is 5.52. The molecular weight excluding hydrogens is 292 g/mol. The molecule has 116 valence electrons. The Bertz CT molecular complexity index is 766. The van der Waals surface area contributed by atoms with Gasteiger partial charge in [-0.05, 0) is 35.9 Å². The minimum Gasteiger partial charge on any atom is -0.490 e. The number of fused-ring (bicyclic) bond motifs is 1. The fourth-order valence-corrected chi connectivity index (χ4v) is 2.34. The quantitative estimate of drug-likeness (QED) is 0.636. The van der Waals surface area contributed by atoms with Crippen LogP contribution in [0.3, 0.4) is 0 Å². The molecule has 0 spiro atoms.